The Balaban J connectivity index is 1.62. The second kappa shape index (κ2) is 8.35. The molecule has 3 rings (SSSR count). The van der Waals surface area contributed by atoms with E-state index < -0.39 is 5.97 Å². The van der Waals surface area contributed by atoms with E-state index in [-0.39, 0.29) is 29.2 Å². The molecular formula is C22H20NO4S-. The molecule has 0 saturated carbocycles. The van der Waals surface area contributed by atoms with E-state index in [4.69, 9.17) is 4.74 Å². The average molecular weight is 394 g/mol. The molecule has 0 aliphatic carbocycles. The highest BCUT2D eigenvalue weighted by Gasteiger charge is 2.22. The summed E-state index contributed by atoms with van der Waals surface area (Å²) in [6, 6.07) is 17.9. The van der Waals surface area contributed by atoms with Gasteiger partial charge in [0.05, 0.1) is 5.69 Å². The van der Waals surface area contributed by atoms with Gasteiger partial charge in [0.15, 0.2) is 11.6 Å². The molecule has 1 aromatic heterocycles. The number of rotatable bonds is 8. The van der Waals surface area contributed by atoms with Crippen LogP contribution in [0.2, 0.25) is 0 Å². The minimum atomic E-state index is -1.22. The summed E-state index contributed by atoms with van der Waals surface area (Å²) in [5, 5.41) is 12.4. The van der Waals surface area contributed by atoms with Crippen molar-refractivity contribution in [2.75, 3.05) is 6.61 Å². The lowest BCUT2D eigenvalue weighted by molar-refractivity contribution is -0.304. The highest BCUT2D eigenvalue weighted by Crippen LogP contribution is 2.32. The lowest BCUT2D eigenvalue weighted by atomic mass is 9.78. The third kappa shape index (κ3) is 4.64. The molecule has 0 spiro atoms. The Morgan fingerprint density at radius 2 is 1.68 bits per heavy atom. The van der Waals surface area contributed by atoms with Crippen molar-refractivity contribution in [3.63, 3.8) is 0 Å². The number of carboxylic acid groups (broad SMARTS) is 1. The summed E-state index contributed by atoms with van der Waals surface area (Å²) in [7, 11) is 0. The van der Waals surface area contributed by atoms with Gasteiger partial charge in [-0.2, -0.15) is 0 Å². The quantitative estimate of drug-likeness (QED) is 0.549. The van der Waals surface area contributed by atoms with Gasteiger partial charge in [-0.3, -0.25) is 4.79 Å². The summed E-state index contributed by atoms with van der Waals surface area (Å²) in [5.41, 5.74) is 2.53. The summed E-state index contributed by atoms with van der Waals surface area (Å²) in [5.74, 6) is -0.921. The summed E-state index contributed by atoms with van der Waals surface area (Å²) < 4.78 is 5.57. The number of Topliss-reactive ketones (excluding diaryl/α,β-unsaturated/α-hetero) is 1. The van der Waals surface area contributed by atoms with Crippen LogP contribution >= 0.6 is 11.3 Å². The fourth-order valence-corrected chi connectivity index (χ4v) is 3.61. The second-order valence-electron chi connectivity index (χ2n) is 6.92. The molecule has 1 heterocycles. The first-order valence-corrected chi connectivity index (χ1v) is 9.70. The predicted octanol–water partition coefficient (Wildman–Crippen LogP) is 3.02. The number of carbonyl (C=O) groups is 2. The summed E-state index contributed by atoms with van der Waals surface area (Å²) in [4.78, 5) is 26.8. The third-order valence-corrected chi connectivity index (χ3v) is 5.49. The van der Waals surface area contributed by atoms with Gasteiger partial charge in [-0.15, -0.1) is 11.3 Å². The first kappa shape index (κ1) is 19.8. The standard InChI is InChI=1S/C22H21NO4S/c1-22(2,15-6-4-3-5-7-15)16-8-10-18(11-9-16)27-13-19(24)21-23-17(14-28-21)12-20(25)26/h3-11,14H,12-13H2,1-2H3,(H,25,26)/p-1. The van der Waals surface area contributed by atoms with E-state index in [1.807, 2.05) is 42.5 Å². The third-order valence-electron chi connectivity index (χ3n) is 4.56. The Labute approximate surface area is 167 Å². The van der Waals surface area contributed by atoms with Crippen LogP contribution in [0.15, 0.2) is 60.0 Å². The molecule has 0 unspecified atom stereocenters. The number of carboxylic acids is 1. The number of benzene rings is 2. The molecule has 0 bridgehead atoms. The molecule has 0 fully saturated rings. The zero-order valence-electron chi connectivity index (χ0n) is 15.7. The van der Waals surface area contributed by atoms with Crippen LogP contribution in [0.5, 0.6) is 5.75 Å². The SMILES string of the molecule is CC(C)(c1ccccc1)c1ccc(OCC(=O)c2nc(CC(=O)[O-])cs2)cc1. The van der Waals surface area contributed by atoms with Crippen LogP contribution in [0, 0.1) is 0 Å². The lowest BCUT2D eigenvalue weighted by Crippen LogP contribution is -2.24. The molecule has 0 amide bonds. The number of hydrogen-bond donors (Lipinski definition) is 0. The van der Waals surface area contributed by atoms with Gasteiger partial charge < -0.3 is 14.6 Å². The molecule has 0 N–H and O–H groups in total. The number of nitrogens with zero attached hydrogens (tertiary/aromatic N) is 1. The van der Waals surface area contributed by atoms with Crippen molar-refractivity contribution in [2.24, 2.45) is 0 Å². The van der Waals surface area contributed by atoms with E-state index in [1.54, 1.807) is 5.38 Å². The predicted molar refractivity (Wildman–Crippen MR) is 106 cm³/mol. The molecule has 0 atom stereocenters. The molecule has 0 saturated heterocycles. The maximum Gasteiger partial charge on any atom is 0.228 e. The van der Waals surface area contributed by atoms with Crippen molar-refractivity contribution in [1.29, 1.82) is 0 Å². The summed E-state index contributed by atoms with van der Waals surface area (Å²) in [6.07, 6.45) is -0.302. The summed E-state index contributed by atoms with van der Waals surface area (Å²) in [6.45, 7) is 4.17. The van der Waals surface area contributed by atoms with Gasteiger partial charge >= 0.3 is 0 Å². The van der Waals surface area contributed by atoms with Crippen LogP contribution in [0.3, 0.4) is 0 Å². The fraction of sp³-hybridized carbons (Fsp3) is 0.227. The molecule has 0 aliphatic rings. The first-order valence-electron chi connectivity index (χ1n) is 8.82. The zero-order valence-corrected chi connectivity index (χ0v) is 16.5. The van der Waals surface area contributed by atoms with Gasteiger partial charge in [0.1, 0.15) is 5.75 Å². The molecule has 5 nitrogen and oxygen atoms in total. The largest absolute Gasteiger partial charge is 0.550 e. The lowest BCUT2D eigenvalue weighted by Gasteiger charge is -2.26. The molecule has 6 heteroatoms. The van der Waals surface area contributed by atoms with Gasteiger partial charge in [0, 0.05) is 23.2 Å². The Bertz CT molecular complexity index is 962. The number of aromatic nitrogens is 1. The summed E-state index contributed by atoms with van der Waals surface area (Å²) >= 11 is 1.11. The van der Waals surface area contributed by atoms with Gasteiger partial charge in [-0.25, -0.2) is 4.98 Å². The van der Waals surface area contributed by atoms with E-state index in [0.717, 1.165) is 16.9 Å². The van der Waals surface area contributed by atoms with Crippen molar-refractivity contribution in [1.82, 2.24) is 4.98 Å². The van der Waals surface area contributed by atoms with Gasteiger partial charge in [0.2, 0.25) is 5.78 Å². The molecule has 2 aromatic carbocycles. The van der Waals surface area contributed by atoms with Gasteiger partial charge in [-0.05, 0) is 23.3 Å². The topological polar surface area (TPSA) is 79.3 Å². The first-order chi connectivity index (χ1) is 13.4. The van der Waals surface area contributed by atoms with E-state index in [1.165, 1.54) is 5.56 Å². The smallest absolute Gasteiger partial charge is 0.228 e. The Morgan fingerprint density at radius 1 is 1.04 bits per heavy atom. The maximum absolute atomic E-state index is 12.2. The number of ketones is 1. The molecule has 144 valence electrons. The number of aliphatic carboxylic acids is 1. The number of hydrogen-bond acceptors (Lipinski definition) is 6. The van der Waals surface area contributed by atoms with Crippen molar-refractivity contribution in [3.8, 4) is 5.75 Å². The van der Waals surface area contributed by atoms with Crippen LogP contribution < -0.4 is 9.84 Å². The molecule has 0 aliphatic heterocycles. The van der Waals surface area contributed by atoms with E-state index >= 15 is 0 Å². The molecule has 0 radical (unpaired) electrons. The monoisotopic (exact) mass is 394 g/mol. The van der Waals surface area contributed by atoms with Crippen LogP contribution in [0.1, 0.15) is 40.5 Å². The van der Waals surface area contributed by atoms with Crippen molar-refractivity contribution < 1.29 is 19.4 Å². The Kier molecular flexibility index (Phi) is 5.90. The minimum absolute atomic E-state index is 0.147. The van der Waals surface area contributed by atoms with Crippen molar-refractivity contribution in [2.45, 2.75) is 25.7 Å². The number of thiazole rings is 1. The highest BCUT2D eigenvalue weighted by molar-refractivity contribution is 7.11. The maximum atomic E-state index is 12.2. The highest BCUT2D eigenvalue weighted by atomic mass is 32.1. The van der Waals surface area contributed by atoms with E-state index in [2.05, 4.69) is 31.0 Å². The van der Waals surface area contributed by atoms with Gasteiger partial charge in [0.25, 0.3) is 0 Å². The average Bonchev–Trinajstić information content (AvgIpc) is 3.15. The van der Waals surface area contributed by atoms with Crippen molar-refractivity contribution >= 4 is 23.1 Å². The van der Waals surface area contributed by atoms with Gasteiger partial charge in [-0.1, -0.05) is 56.3 Å². The number of carbonyl (C=O) groups excluding carboxylic acids is 2. The van der Waals surface area contributed by atoms with Crippen LogP contribution in [0.25, 0.3) is 0 Å². The molecule has 3 aromatic rings. The Morgan fingerprint density at radius 3 is 2.32 bits per heavy atom. The normalized spacial score (nSPS) is 11.2. The zero-order chi connectivity index (χ0) is 20.1. The second-order valence-corrected chi connectivity index (χ2v) is 7.78. The molecular weight excluding hydrogens is 374 g/mol. The van der Waals surface area contributed by atoms with Crippen LogP contribution in [-0.2, 0) is 16.6 Å². The molecule has 28 heavy (non-hydrogen) atoms. The van der Waals surface area contributed by atoms with Crippen LogP contribution in [0.4, 0.5) is 0 Å². The van der Waals surface area contributed by atoms with Crippen molar-refractivity contribution in [3.05, 3.63) is 81.8 Å². The van der Waals surface area contributed by atoms with Crippen LogP contribution in [-0.4, -0.2) is 23.3 Å². The number of ether oxygens (including phenoxy) is 1. The minimum Gasteiger partial charge on any atom is -0.550 e. The fourth-order valence-electron chi connectivity index (χ4n) is 2.86. The van der Waals surface area contributed by atoms with E-state index in [0.29, 0.717) is 11.4 Å². The Hall–Kier alpha value is -2.99. The van der Waals surface area contributed by atoms with E-state index in [9.17, 15) is 14.7 Å².